The third-order valence-electron chi connectivity index (χ3n) is 4.76. The van der Waals surface area contributed by atoms with Gasteiger partial charge in [-0.25, -0.2) is 9.07 Å². The maximum Gasteiger partial charge on any atom is 0.214 e. The van der Waals surface area contributed by atoms with E-state index in [0.29, 0.717) is 5.56 Å². The summed E-state index contributed by atoms with van der Waals surface area (Å²) in [6, 6.07) is 6.81. The summed E-state index contributed by atoms with van der Waals surface area (Å²) < 4.78 is 16.4. The molecule has 1 fully saturated rings. The van der Waals surface area contributed by atoms with Crippen LogP contribution < -0.4 is 9.80 Å². The first-order valence-corrected chi connectivity index (χ1v) is 8.57. The van der Waals surface area contributed by atoms with Crippen LogP contribution in [0.3, 0.4) is 0 Å². The highest BCUT2D eigenvalue weighted by Crippen LogP contribution is 2.23. The zero-order valence-electron chi connectivity index (χ0n) is 14.9. The van der Waals surface area contributed by atoms with Crippen molar-refractivity contribution in [2.75, 3.05) is 33.2 Å². The van der Waals surface area contributed by atoms with E-state index in [2.05, 4.69) is 43.3 Å². The van der Waals surface area contributed by atoms with Crippen molar-refractivity contribution < 1.29 is 14.2 Å². The SMILES string of the molecule is C[NH+]1CC[NH+]([C@@H](c2ccccc2F)c2nnnn2C(C)(C)C)CC1. The summed E-state index contributed by atoms with van der Waals surface area (Å²) >= 11 is 0. The van der Waals surface area contributed by atoms with E-state index in [9.17, 15) is 4.39 Å². The highest BCUT2D eigenvalue weighted by molar-refractivity contribution is 5.24. The molecule has 0 bridgehead atoms. The van der Waals surface area contributed by atoms with E-state index >= 15 is 0 Å². The highest BCUT2D eigenvalue weighted by atomic mass is 19.1. The molecule has 24 heavy (non-hydrogen) atoms. The molecule has 2 heterocycles. The fraction of sp³-hybridized carbons (Fsp3) is 0.588. The molecular formula is C17H27FN6+2. The van der Waals surface area contributed by atoms with Crippen molar-refractivity contribution in [2.24, 2.45) is 0 Å². The maximum absolute atomic E-state index is 14.6. The quantitative estimate of drug-likeness (QED) is 0.763. The number of likely N-dealkylation sites (N-methyl/N-ethyl adjacent to an activating group) is 1. The van der Waals surface area contributed by atoms with E-state index in [4.69, 9.17) is 0 Å². The third kappa shape index (κ3) is 3.32. The molecule has 1 saturated heterocycles. The summed E-state index contributed by atoms with van der Waals surface area (Å²) in [7, 11) is 2.20. The van der Waals surface area contributed by atoms with Crippen LogP contribution in [0.1, 0.15) is 38.2 Å². The van der Waals surface area contributed by atoms with Crippen LogP contribution in [0.2, 0.25) is 0 Å². The predicted molar refractivity (Wildman–Crippen MR) is 88.4 cm³/mol. The van der Waals surface area contributed by atoms with E-state index < -0.39 is 0 Å². The van der Waals surface area contributed by atoms with Gasteiger partial charge in [0, 0.05) is 0 Å². The molecule has 1 aromatic carbocycles. The number of nitrogens with zero attached hydrogens (tertiary/aromatic N) is 4. The van der Waals surface area contributed by atoms with Crippen molar-refractivity contribution in [1.29, 1.82) is 0 Å². The Hall–Kier alpha value is -1.86. The van der Waals surface area contributed by atoms with Gasteiger partial charge in [0.1, 0.15) is 32.0 Å². The molecule has 2 aromatic rings. The Morgan fingerprint density at radius 3 is 2.42 bits per heavy atom. The Bertz CT molecular complexity index is 684. The second kappa shape index (κ2) is 6.57. The Morgan fingerprint density at radius 2 is 1.79 bits per heavy atom. The lowest BCUT2D eigenvalue weighted by molar-refractivity contribution is -1.02. The average molecular weight is 334 g/mol. The zero-order chi connectivity index (χ0) is 17.3. The molecule has 3 rings (SSSR count). The second-order valence-corrected chi connectivity index (χ2v) is 7.69. The zero-order valence-corrected chi connectivity index (χ0v) is 14.9. The Morgan fingerprint density at radius 1 is 1.12 bits per heavy atom. The lowest BCUT2D eigenvalue weighted by atomic mass is 10.0. The van der Waals surface area contributed by atoms with Gasteiger partial charge in [0.15, 0.2) is 6.04 Å². The van der Waals surface area contributed by atoms with Crippen LogP contribution in [-0.4, -0.2) is 53.4 Å². The van der Waals surface area contributed by atoms with Crippen molar-refractivity contribution >= 4 is 0 Å². The fourth-order valence-corrected chi connectivity index (χ4v) is 3.39. The first-order valence-electron chi connectivity index (χ1n) is 8.57. The minimum absolute atomic E-state index is 0.187. The predicted octanol–water partition coefficient (Wildman–Crippen LogP) is -0.930. The van der Waals surface area contributed by atoms with Crippen molar-refractivity contribution in [3.05, 3.63) is 41.5 Å². The van der Waals surface area contributed by atoms with Crippen molar-refractivity contribution in [1.82, 2.24) is 20.2 Å². The number of tetrazole rings is 1. The molecule has 7 heteroatoms. The van der Waals surface area contributed by atoms with Gasteiger partial charge < -0.3 is 9.80 Å². The lowest BCUT2D eigenvalue weighted by Gasteiger charge is -2.34. The van der Waals surface area contributed by atoms with Crippen molar-refractivity contribution in [2.45, 2.75) is 32.4 Å². The van der Waals surface area contributed by atoms with E-state index in [1.807, 2.05) is 16.8 Å². The number of hydrogen-bond acceptors (Lipinski definition) is 3. The number of benzene rings is 1. The number of piperazine rings is 1. The molecule has 130 valence electrons. The number of quaternary nitrogens is 2. The van der Waals surface area contributed by atoms with Crippen LogP contribution in [-0.2, 0) is 5.54 Å². The van der Waals surface area contributed by atoms with Crippen LogP contribution in [0.4, 0.5) is 4.39 Å². The Kier molecular flexibility index (Phi) is 4.64. The normalized spacial score (nSPS) is 23.2. The standard InChI is InChI=1S/C17H25FN6/c1-17(2,3)24-16(19-20-21-24)15(13-7-5-6-8-14(13)18)23-11-9-22(4)10-12-23/h5-8,15H,9-12H2,1-4H3/p+2/t15-/m0/s1. The van der Waals surface area contributed by atoms with Gasteiger partial charge in [-0.05, 0) is 43.3 Å². The third-order valence-corrected chi connectivity index (χ3v) is 4.76. The molecule has 1 aromatic heterocycles. The molecule has 1 aliphatic heterocycles. The van der Waals surface area contributed by atoms with E-state index in [1.165, 1.54) is 15.9 Å². The molecule has 0 unspecified atom stereocenters. The first-order chi connectivity index (χ1) is 11.4. The number of aromatic nitrogens is 4. The van der Waals surface area contributed by atoms with Gasteiger partial charge in [-0.15, -0.1) is 5.10 Å². The summed E-state index contributed by atoms with van der Waals surface area (Å²) in [4.78, 5) is 2.84. The van der Waals surface area contributed by atoms with Gasteiger partial charge in [0.25, 0.3) is 0 Å². The van der Waals surface area contributed by atoms with Gasteiger partial charge in [-0.3, -0.25) is 0 Å². The van der Waals surface area contributed by atoms with Gasteiger partial charge in [-0.2, -0.15) is 0 Å². The van der Waals surface area contributed by atoms with Crippen LogP contribution in [0, 0.1) is 5.82 Å². The second-order valence-electron chi connectivity index (χ2n) is 7.69. The molecule has 0 radical (unpaired) electrons. The van der Waals surface area contributed by atoms with E-state index in [-0.39, 0.29) is 17.4 Å². The molecule has 1 atom stereocenters. The first kappa shape index (κ1) is 17.0. The monoisotopic (exact) mass is 334 g/mol. The molecule has 2 N–H and O–H groups in total. The minimum Gasteiger partial charge on any atom is -0.328 e. The van der Waals surface area contributed by atoms with E-state index in [1.54, 1.807) is 6.07 Å². The summed E-state index contributed by atoms with van der Waals surface area (Å²) in [5, 5.41) is 12.4. The number of halogens is 1. The van der Waals surface area contributed by atoms with Crippen LogP contribution >= 0.6 is 0 Å². The van der Waals surface area contributed by atoms with E-state index in [0.717, 1.165) is 32.0 Å². The fourth-order valence-electron chi connectivity index (χ4n) is 3.39. The van der Waals surface area contributed by atoms with Gasteiger partial charge in [0.2, 0.25) is 5.82 Å². The number of nitrogens with one attached hydrogen (secondary N) is 2. The molecule has 0 saturated carbocycles. The van der Waals surface area contributed by atoms with Crippen molar-refractivity contribution in [3.63, 3.8) is 0 Å². The number of rotatable bonds is 3. The molecule has 6 nitrogen and oxygen atoms in total. The van der Waals surface area contributed by atoms with Crippen LogP contribution in [0.5, 0.6) is 0 Å². The highest BCUT2D eigenvalue weighted by Gasteiger charge is 2.38. The average Bonchev–Trinajstić information content (AvgIpc) is 3.01. The van der Waals surface area contributed by atoms with Crippen molar-refractivity contribution in [3.8, 4) is 0 Å². The van der Waals surface area contributed by atoms with Crippen LogP contribution in [0.25, 0.3) is 0 Å². The van der Waals surface area contributed by atoms with Gasteiger partial charge in [0.05, 0.1) is 18.2 Å². The van der Waals surface area contributed by atoms with Crippen LogP contribution in [0.15, 0.2) is 24.3 Å². The van der Waals surface area contributed by atoms with Gasteiger partial charge >= 0.3 is 0 Å². The van der Waals surface area contributed by atoms with Gasteiger partial charge in [-0.1, -0.05) is 12.1 Å². The summed E-state index contributed by atoms with van der Waals surface area (Å²) in [6.07, 6.45) is 0. The minimum atomic E-state index is -0.250. The summed E-state index contributed by atoms with van der Waals surface area (Å²) in [5.74, 6) is 0.548. The largest absolute Gasteiger partial charge is 0.328 e. The molecular weight excluding hydrogens is 307 g/mol. The lowest BCUT2D eigenvalue weighted by Crippen LogP contribution is -3.27. The maximum atomic E-state index is 14.6. The molecule has 0 spiro atoms. The smallest absolute Gasteiger partial charge is 0.214 e. The Balaban J connectivity index is 2.06. The summed E-state index contributed by atoms with van der Waals surface area (Å²) in [6.45, 7) is 10.3. The molecule has 0 amide bonds. The topological polar surface area (TPSA) is 52.5 Å². The summed E-state index contributed by atoms with van der Waals surface area (Å²) in [5.41, 5.74) is 0.423. The molecule has 0 aliphatic carbocycles. The number of hydrogen-bond donors (Lipinski definition) is 2. The Labute approximate surface area is 142 Å². The molecule has 1 aliphatic rings.